The van der Waals surface area contributed by atoms with Crippen molar-refractivity contribution < 1.29 is 18.7 Å². The first-order chi connectivity index (χ1) is 12.7. The van der Waals surface area contributed by atoms with Crippen LogP contribution in [0.4, 0.5) is 4.39 Å². The Morgan fingerprint density at radius 1 is 1.19 bits per heavy atom. The van der Waals surface area contributed by atoms with Gasteiger partial charge < -0.3 is 4.74 Å². The molecule has 0 spiro atoms. The summed E-state index contributed by atoms with van der Waals surface area (Å²) in [5.74, 6) is -0.919. The molecule has 2 aromatic carbocycles. The van der Waals surface area contributed by atoms with Crippen LogP contribution < -0.4 is 0 Å². The number of nitrogens with zero attached hydrogens (tertiary/aromatic N) is 1. The third-order valence-electron chi connectivity index (χ3n) is 3.84. The predicted octanol–water partition coefficient (Wildman–Crippen LogP) is 4.76. The Hall–Kier alpha value is -2.65. The van der Waals surface area contributed by atoms with Crippen LogP contribution in [0.5, 0.6) is 0 Å². The van der Waals surface area contributed by atoms with Crippen molar-refractivity contribution in [1.29, 1.82) is 5.26 Å². The normalized spacial score (nSPS) is 10.9. The highest BCUT2D eigenvalue weighted by Gasteiger charge is 2.23. The van der Waals surface area contributed by atoms with Gasteiger partial charge in [0.25, 0.3) is 0 Å². The fourth-order valence-corrected chi connectivity index (χ4v) is 3.10. The van der Waals surface area contributed by atoms with Crippen molar-refractivity contribution in [2.75, 3.05) is 6.61 Å². The van der Waals surface area contributed by atoms with E-state index >= 15 is 0 Å². The van der Waals surface area contributed by atoms with Gasteiger partial charge in [-0.2, -0.15) is 5.26 Å². The quantitative estimate of drug-likeness (QED) is 0.530. The number of esters is 1. The molecule has 0 fully saturated rings. The van der Waals surface area contributed by atoms with Gasteiger partial charge in [0.1, 0.15) is 5.82 Å². The molecule has 0 heterocycles. The molecule has 6 heteroatoms. The van der Waals surface area contributed by atoms with Crippen LogP contribution in [0, 0.1) is 22.6 Å². The van der Waals surface area contributed by atoms with E-state index in [1.54, 1.807) is 57.2 Å². The first-order valence-corrected chi connectivity index (χ1v) is 9.31. The lowest BCUT2D eigenvalue weighted by atomic mass is 9.91. The van der Waals surface area contributed by atoms with Gasteiger partial charge in [-0.1, -0.05) is 39.0 Å². The van der Waals surface area contributed by atoms with E-state index in [9.17, 15) is 14.0 Å². The molecule has 0 bridgehead atoms. The van der Waals surface area contributed by atoms with Crippen molar-refractivity contribution in [3.63, 3.8) is 0 Å². The van der Waals surface area contributed by atoms with Crippen LogP contribution in [-0.4, -0.2) is 18.4 Å². The van der Waals surface area contributed by atoms with E-state index in [1.807, 2.05) is 6.07 Å². The highest BCUT2D eigenvalue weighted by molar-refractivity contribution is 7.98. The largest absolute Gasteiger partial charge is 0.454 e. The number of Topliss-reactive ketones (excluding diaryl/α,β-unsaturated/α-hetero) is 1. The van der Waals surface area contributed by atoms with Gasteiger partial charge in [0.2, 0.25) is 0 Å². The molecule has 0 aliphatic rings. The second-order valence-corrected chi connectivity index (χ2v) is 7.97. The second-order valence-electron chi connectivity index (χ2n) is 6.95. The zero-order valence-electron chi connectivity index (χ0n) is 15.4. The maximum Gasteiger partial charge on any atom is 0.339 e. The van der Waals surface area contributed by atoms with Gasteiger partial charge in [0, 0.05) is 16.1 Å². The van der Waals surface area contributed by atoms with Crippen molar-refractivity contribution in [2.24, 2.45) is 5.41 Å². The molecule has 0 saturated carbocycles. The van der Waals surface area contributed by atoms with E-state index in [4.69, 9.17) is 10.00 Å². The number of thioether (sulfide) groups is 1. The molecule has 0 aliphatic heterocycles. The Labute approximate surface area is 162 Å². The highest BCUT2D eigenvalue weighted by Crippen LogP contribution is 2.28. The molecule has 4 nitrogen and oxygen atoms in total. The number of carbonyl (C=O) groups is 2. The van der Waals surface area contributed by atoms with Gasteiger partial charge in [-0.15, -0.1) is 11.8 Å². The van der Waals surface area contributed by atoms with Crippen molar-refractivity contribution >= 4 is 23.5 Å². The Bertz CT molecular complexity index is 897. The molecule has 2 rings (SSSR count). The van der Waals surface area contributed by atoms with Gasteiger partial charge in [-0.3, -0.25) is 4.79 Å². The lowest BCUT2D eigenvalue weighted by molar-refractivity contribution is -0.129. The minimum absolute atomic E-state index is 0.166. The van der Waals surface area contributed by atoms with E-state index in [0.717, 1.165) is 0 Å². The molecule has 140 valence electrons. The summed E-state index contributed by atoms with van der Waals surface area (Å²) in [4.78, 5) is 24.9. The summed E-state index contributed by atoms with van der Waals surface area (Å²) in [7, 11) is 0. The van der Waals surface area contributed by atoms with Gasteiger partial charge >= 0.3 is 5.97 Å². The number of benzene rings is 2. The minimum Gasteiger partial charge on any atom is -0.454 e. The summed E-state index contributed by atoms with van der Waals surface area (Å²) in [5, 5.41) is 8.80. The van der Waals surface area contributed by atoms with E-state index < -0.39 is 17.2 Å². The molecule has 0 aliphatic carbocycles. The number of halogens is 1. The molecule has 0 radical (unpaired) electrons. The number of nitriles is 1. The molecule has 2 aromatic rings. The van der Waals surface area contributed by atoms with Crippen molar-refractivity contribution in [3.05, 3.63) is 65.0 Å². The van der Waals surface area contributed by atoms with E-state index in [-0.39, 0.29) is 18.0 Å². The molecule has 0 unspecified atom stereocenters. The van der Waals surface area contributed by atoms with Crippen LogP contribution in [0.25, 0.3) is 0 Å². The molecular weight excluding hydrogens is 365 g/mol. The fourth-order valence-electron chi connectivity index (χ4n) is 2.08. The lowest BCUT2D eigenvalue weighted by Crippen LogP contribution is -2.26. The third kappa shape index (κ3) is 5.66. The van der Waals surface area contributed by atoms with Crippen LogP contribution in [-0.2, 0) is 15.3 Å². The number of hydrogen-bond acceptors (Lipinski definition) is 5. The Morgan fingerprint density at radius 3 is 2.52 bits per heavy atom. The van der Waals surface area contributed by atoms with Gasteiger partial charge in [-0.25, -0.2) is 9.18 Å². The molecule has 0 N–H and O–H groups in total. The molecule has 0 aromatic heterocycles. The predicted molar refractivity (Wildman–Crippen MR) is 102 cm³/mol. The van der Waals surface area contributed by atoms with E-state index in [2.05, 4.69) is 0 Å². The van der Waals surface area contributed by atoms with Gasteiger partial charge in [-0.05, 0) is 29.8 Å². The number of ketones is 1. The minimum atomic E-state index is -0.587. The van der Waals surface area contributed by atoms with Crippen LogP contribution >= 0.6 is 11.8 Å². The highest BCUT2D eigenvalue weighted by atomic mass is 32.2. The van der Waals surface area contributed by atoms with Crippen LogP contribution in [0.2, 0.25) is 0 Å². The number of ether oxygens (including phenoxy) is 1. The molecule has 0 amide bonds. The molecule has 0 atom stereocenters. The van der Waals surface area contributed by atoms with Crippen molar-refractivity contribution in [3.8, 4) is 6.07 Å². The topological polar surface area (TPSA) is 67.2 Å². The average Bonchev–Trinajstić information content (AvgIpc) is 2.64. The lowest BCUT2D eigenvalue weighted by Gasteiger charge is -2.16. The molecule has 0 saturated heterocycles. The van der Waals surface area contributed by atoms with E-state index in [0.29, 0.717) is 21.8 Å². The summed E-state index contributed by atoms with van der Waals surface area (Å²) in [6, 6.07) is 13.0. The number of rotatable bonds is 6. The maximum atomic E-state index is 14.0. The first-order valence-electron chi connectivity index (χ1n) is 8.33. The smallest absolute Gasteiger partial charge is 0.339 e. The average molecular weight is 385 g/mol. The van der Waals surface area contributed by atoms with Crippen LogP contribution in [0.3, 0.4) is 0 Å². The summed E-state index contributed by atoms with van der Waals surface area (Å²) in [5.41, 5.74) is 0.443. The van der Waals surface area contributed by atoms with Gasteiger partial charge in [0.05, 0.1) is 17.2 Å². The Kier molecular flexibility index (Phi) is 6.75. The monoisotopic (exact) mass is 385 g/mol. The Morgan fingerprint density at radius 2 is 1.89 bits per heavy atom. The van der Waals surface area contributed by atoms with Crippen LogP contribution in [0.1, 0.15) is 42.3 Å². The molecule has 27 heavy (non-hydrogen) atoms. The zero-order chi connectivity index (χ0) is 20.0. The number of carbonyl (C=O) groups excluding carboxylic acids is 2. The van der Waals surface area contributed by atoms with Crippen molar-refractivity contribution in [2.45, 2.75) is 31.4 Å². The van der Waals surface area contributed by atoms with Crippen molar-refractivity contribution in [1.82, 2.24) is 0 Å². The fraction of sp³-hybridized carbons (Fsp3) is 0.286. The summed E-state index contributed by atoms with van der Waals surface area (Å²) >= 11 is 1.29. The second kappa shape index (κ2) is 8.83. The molecular formula is C21H20FNO3S. The summed E-state index contributed by atoms with van der Waals surface area (Å²) in [6.45, 7) is 5.00. The first kappa shape index (κ1) is 20.7. The number of hydrogen-bond donors (Lipinski definition) is 0. The summed E-state index contributed by atoms with van der Waals surface area (Å²) < 4.78 is 19.2. The third-order valence-corrected chi connectivity index (χ3v) is 4.97. The Balaban J connectivity index is 2.08. The van der Waals surface area contributed by atoms with E-state index in [1.165, 1.54) is 17.8 Å². The zero-order valence-corrected chi connectivity index (χ0v) is 16.2. The standard InChI is InChI=1S/C21H20FNO3S/c1-21(2,3)19(24)12-26-20(25)16-6-4-5-7-18(16)27-13-15-9-8-14(11-23)10-17(15)22/h4-10H,12-13H2,1-3H3. The van der Waals surface area contributed by atoms with Gasteiger partial charge in [0.15, 0.2) is 12.4 Å². The van der Waals surface area contributed by atoms with Crippen LogP contribution in [0.15, 0.2) is 47.4 Å². The maximum absolute atomic E-state index is 14.0. The SMILES string of the molecule is CC(C)(C)C(=O)COC(=O)c1ccccc1SCc1ccc(C#N)cc1F. The summed E-state index contributed by atoms with van der Waals surface area (Å²) in [6.07, 6.45) is 0.